The van der Waals surface area contributed by atoms with Crippen LogP contribution in [0.1, 0.15) is 181 Å². The summed E-state index contributed by atoms with van der Waals surface area (Å²) in [5.74, 6) is -0.951. The molecule has 0 amide bonds. The van der Waals surface area contributed by atoms with Crippen LogP contribution in [0.4, 0.5) is 0 Å². The van der Waals surface area contributed by atoms with Crippen LogP contribution in [0.5, 0.6) is 0 Å². The van der Waals surface area contributed by atoms with E-state index in [1.54, 1.807) is 0 Å². The lowest BCUT2D eigenvalue weighted by Crippen LogP contribution is -2.29. The van der Waals surface area contributed by atoms with E-state index in [0.717, 1.165) is 44.9 Å². The lowest BCUT2D eigenvalue weighted by Gasteiger charge is -2.18. The summed E-state index contributed by atoms with van der Waals surface area (Å²) in [6, 6.07) is 0. The summed E-state index contributed by atoms with van der Waals surface area (Å²) < 4.78 is 32.0. The predicted molar refractivity (Wildman–Crippen MR) is 206 cm³/mol. The van der Waals surface area contributed by atoms with Gasteiger partial charge < -0.3 is 24.0 Å². The van der Waals surface area contributed by atoms with Crippen molar-refractivity contribution in [3.63, 3.8) is 0 Å². The first-order chi connectivity index (χ1) is 24.7. The van der Waals surface area contributed by atoms with Gasteiger partial charge in [-0.25, -0.2) is 4.57 Å². The molecule has 51 heavy (non-hydrogen) atoms. The van der Waals surface area contributed by atoms with Gasteiger partial charge in [-0.15, -0.1) is 0 Å². The second kappa shape index (κ2) is 32.8. The number of epoxide rings is 1. The molecule has 296 valence electrons. The zero-order chi connectivity index (χ0) is 37.3. The molecule has 1 heterocycles. The molecule has 0 aromatic rings. The van der Waals surface area contributed by atoms with E-state index in [2.05, 4.69) is 48.8 Å². The van der Waals surface area contributed by atoms with Crippen molar-refractivity contribution in [2.45, 2.75) is 199 Å². The topological polar surface area (TPSA) is 132 Å². The van der Waals surface area contributed by atoms with E-state index < -0.39 is 32.5 Å². The van der Waals surface area contributed by atoms with Gasteiger partial charge in [-0.05, 0) is 44.9 Å². The first kappa shape index (κ1) is 47.3. The van der Waals surface area contributed by atoms with E-state index in [9.17, 15) is 14.2 Å². The molecule has 3 atom stereocenters. The Morgan fingerprint density at radius 1 is 0.627 bits per heavy atom. The summed E-state index contributed by atoms with van der Waals surface area (Å²) in [6.07, 6.45) is 40.4. The summed E-state index contributed by atoms with van der Waals surface area (Å²) in [5, 5.41) is 0. The monoisotopic (exact) mass is 740 g/mol. The maximum atomic E-state index is 12.4. The second-order valence-electron chi connectivity index (χ2n) is 14.0. The van der Waals surface area contributed by atoms with Crippen molar-refractivity contribution in [3.8, 4) is 0 Å². The number of hydrogen-bond donors (Lipinski definition) is 2. The van der Waals surface area contributed by atoms with Crippen molar-refractivity contribution >= 4 is 19.8 Å². The Labute approximate surface area is 310 Å². The molecule has 0 spiro atoms. The number of carbonyl (C=O) groups excluding carboxylic acids is 2. The third-order valence-electron chi connectivity index (χ3n) is 9.09. The fraction of sp³-hybridized carbons (Fsp3) is 0.805. The summed E-state index contributed by atoms with van der Waals surface area (Å²) in [7, 11) is -4.77. The average molecular weight is 741 g/mol. The van der Waals surface area contributed by atoms with Gasteiger partial charge in [0.05, 0.1) is 18.8 Å². The number of rotatable bonds is 36. The molecule has 10 heteroatoms. The Balaban J connectivity index is 2.10. The molecule has 0 bridgehead atoms. The Kier molecular flexibility index (Phi) is 30.4. The molecule has 1 rings (SSSR count). The highest BCUT2D eigenvalue weighted by atomic mass is 31.2. The van der Waals surface area contributed by atoms with Gasteiger partial charge in [-0.3, -0.25) is 14.1 Å². The SMILES string of the molecule is CCCCCCCCCCCCCCCCCC(=O)O[C@H](COC(=O)CCC/C=C\C/C=C\C/C=C\CC1OC1CCCCC)COP(=O)(O)O. The second-order valence-corrected chi connectivity index (χ2v) is 15.2. The van der Waals surface area contributed by atoms with Gasteiger partial charge >= 0.3 is 19.8 Å². The normalized spacial score (nSPS) is 16.8. The van der Waals surface area contributed by atoms with Gasteiger partial charge in [0.15, 0.2) is 6.10 Å². The van der Waals surface area contributed by atoms with Crippen LogP contribution in [-0.2, 0) is 32.9 Å². The number of carbonyl (C=O) groups is 2. The van der Waals surface area contributed by atoms with Crippen LogP contribution >= 0.6 is 7.82 Å². The van der Waals surface area contributed by atoms with Crippen molar-refractivity contribution in [1.82, 2.24) is 0 Å². The molecule has 2 N–H and O–H groups in total. The van der Waals surface area contributed by atoms with Gasteiger partial charge in [-0.1, -0.05) is 159 Å². The Morgan fingerprint density at radius 2 is 1.14 bits per heavy atom. The molecule has 0 radical (unpaired) electrons. The molecular formula is C41H73O9P. The van der Waals surface area contributed by atoms with Gasteiger partial charge in [0.1, 0.15) is 6.61 Å². The standard InChI is InChI=1S/C41H73O9P/c1-3-5-7-8-9-10-11-12-13-14-15-20-23-26-30-34-41(43)49-37(36-48-51(44,45)46)35-47-40(42)33-29-25-22-19-17-16-18-21-24-28-32-39-38(50-39)31-27-6-4-2/h16,18-19,22,24,28,37-39H,3-15,17,20-21,23,25-27,29-36H2,1-2H3,(H2,44,45,46)/b18-16-,22-19-,28-24-/t37-,38?,39?/m1/s1. The van der Waals surface area contributed by atoms with Gasteiger partial charge in [-0.2, -0.15) is 0 Å². The van der Waals surface area contributed by atoms with Crippen LogP contribution < -0.4 is 0 Å². The van der Waals surface area contributed by atoms with Gasteiger partial charge in [0, 0.05) is 12.8 Å². The van der Waals surface area contributed by atoms with E-state index in [0.29, 0.717) is 25.0 Å². The quantitative estimate of drug-likeness (QED) is 0.0212. The highest BCUT2D eigenvalue weighted by molar-refractivity contribution is 7.46. The molecular weight excluding hydrogens is 667 g/mol. The predicted octanol–water partition coefficient (Wildman–Crippen LogP) is 11.2. The highest BCUT2D eigenvalue weighted by Crippen LogP contribution is 2.36. The fourth-order valence-electron chi connectivity index (χ4n) is 5.93. The van der Waals surface area contributed by atoms with Crippen LogP contribution in [0.3, 0.4) is 0 Å². The van der Waals surface area contributed by atoms with Gasteiger partial charge in [0.25, 0.3) is 0 Å². The zero-order valence-corrected chi connectivity index (χ0v) is 33.1. The summed E-state index contributed by atoms with van der Waals surface area (Å²) >= 11 is 0. The third-order valence-corrected chi connectivity index (χ3v) is 9.57. The summed E-state index contributed by atoms with van der Waals surface area (Å²) in [4.78, 5) is 42.8. The molecule has 1 aliphatic heterocycles. The lowest BCUT2D eigenvalue weighted by molar-refractivity contribution is -0.161. The van der Waals surface area contributed by atoms with E-state index >= 15 is 0 Å². The summed E-state index contributed by atoms with van der Waals surface area (Å²) in [6.45, 7) is 3.61. The minimum absolute atomic E-state index is 0.189. The van der Waals surface area contributed by atoms with Crippen molar-refractivity contribution in [2.75, 3.05) is 13.2 Å². The lowest BCUT2D eigenvalue weighted by atomic mass is 10.0. The number of unbranched alkanes of at least 4 members (excludes halogenated alkanes) is 17. The van der Waals surface area contributed by atoms with Crippen molar-refractivity contribution in [1.29, 1.82) is 0 Å². The number of allylic oxidation sites excluding steroid dienone is 5. The smallest absolute Gasteiger partial charge is 0.462 e. The van der Waals surface area contributed by atoms with Crippen LogP contribution in [-0.4, -0.2) is 53.3 Å². The van der Waals surface area contributed by atoms with E-state index in [1.165, 1.54) is 96.3 Å². The largest absolute Gasteiger partial charge is 0.469 e. The third kappa shape index (κ3) is 32.6. The van der Waals surface area contributed by atoms with E-state index in [-0.39, 0.29) is 19.4 Å². The number of esters is 2. The van der Waals surface area contributed by atoms with E-state index in [1.807, 2.05) is 6.08 Å². The minimum Gasteiger partial charge on any atom is -0.462 e. The minimum atomic E-state index is -4.77. The van der Waals surface area contributed by atoms with Gasteiger partial charge in [0.2, 0.25) is 0 Å². The molecule has 2 unspecified atom stereocenters. The Morgan fingerprint density at radius 3 is 1.73 bits per heavy atom. The van der Waals surface area contributed by atoms with Crippen molar-refractivity contribution in [2.24, 2.45) is 0 Å². The molecule has 0 aromatic carbocycles. The maximum absolute atomic E-state index is 12.4. The Hall–Kier alpha value is -1.77. The van der Waals surface area contributed by atoms with E-state index in [4.69, 9.17) is 24.0 Å². The van der Waals surface area contributed by atoms with Crippen LogP contribution in [0.15, 0.2) is 36.5 Å². The molecule has 0 aliphatic carbocycles. The Bertz CT molecular complexity index is 990. The van der Waals surface area contributed by atoms with Crippen LogP contribution in [0.25, 0.3) is 0 Å². The zero-order valence-electron chi connectivity index (χ0n) is 32.2. The number of phosphoric ester groups is 1. The fourth-order valence-corrected chi connectivity index (χ4v) is 6.29. The first-order valence-corrected chi connectivity index (χ1v) is 21.9. The molecule has 9 nitrogen and oxygen atoms in total. The van der Waals surface area contributed by atoms with Crippen LogP contribution in [0.2, 0.25) is 0 Å². The van der Waals surface area contributed by atoms with Crippen molar-refractivity contribution < 1.29 is 42.7 Å². The first-order valence-electron chi connectivity index (χ1n) is 20.4. The molecule has 1 fully saturated rings. The molecule has 0 aromatic heterocycles. The molecule has 1 saturated heterocycles. The maximum Gasteiger partial charge on any atom is 0.469 e. The molecule has 0 saturated carbocycles. The number of hydrogen-bond acceptors (Lipinski definition) is 7. The highest BCUT2D eigenvalue weighted by Gasteiger charge is 2.36. The average Bonchev–Trinajstić information content (AvgIpc) is 3.85. The molecule has 1 aliphatic rings. The van der Waals surface area contributed by atoms with Crippen LogP contribution in [0, 0.1) is 0 Å². The number of ether oxygens (including phenoxy) is 3. The summed E-state index contributed by atoms with van der Waals surface area (Å²) in [5.41, 5.74) is 0. The van der Waals surface area contributed by atoms with Crippen molar-refractivity contribution in [3.05, 3.63) is 36.5 Å². The number of phosphoric acid groups is 1.